The quantitative estimate of drug-likeness (QED) is 0.379. The largest absolute Gasteiger partial charge is 0.382 e. The van der Waals surface area contributed by atoms with Crippen LogP contribution in [-0.4, -0.2) is 30.8 Å². The number of benzene rings is 2. The van der Waals surface area contributed by atoms with Crippen LogP contribution in [0.25, 0.3) is 22.9 Å². The second-order valence-electron chi connectivity index (χ2n) is 7.86. The van der Waals surface area contributed by atoms with E-state index in [0.717, 1.165) is 5.56 Å². The molecule has 35 heavy (non-hydrogen) atoms. The fourth-order valence-corrected chi connectivity index (χ4v) is 3.50. The second kappa shape index (κ2) is 9.18. The zero-order chi connectivity index (χ0) is 24.4. The van der Waals surface area contributed by atoms with Crippen LogP contribution in [0.5, 0.6) is 0 Å². The number of carbonyl (C=O) groups excluding carboxylic acids is 1. The van der Waals surface area contributed by atoms with Crippen LogP contribution in [-0.2, 0) is 6.54 Å². The average Bonchev–Trinajstić information content (AvgIpc) is 3.52. The fourth-order valence-electron chi connectivity index (χ4n) is 3.50. The minimum absolute atomic E-state index is 0.0853. The summed E-state index contributed by atoms with van der Waals surface area (Å²) in [4.78, 5) is 21.2. The van der Waals surface area contributed by atoms with Crippen LogP contribution in [0.4, 0.5) is 15.9 Å². The zero-order valence-corrected chi connectivity index (χ0v) is 18.6. The van der Waals surface area contributed by atoms with Gasteiger partial charge >= 0.3 is 0 Å². The van der Waals surface area contributed by atoms with E-state index in [2.05, 4.69) is 25.5 Å². The molecule has 0 aliphatic rings. The number of aromatic nitrogens is 5. The van der Waals surface area contributed by atoms with Crippen LogP contribution in [0.1, 0.15) is 21.5 Å². The van der Waals surface area contributed by atoms with Crippen molar-refractivity contribution in [2.24, 2.45) is 0 Å². The summed E-state index contributed by atoms with van der Waals surface area (Å²) in [5.41, 5.74) is 9.91. The molecule has 5 aromatic rings. The predicted octanol–water partition coefficient (Wildman–Crippen LogP) is 4.33. The first-order chi connectivity index (χ1) is 17.0. The van der Waals surface area contributed by atoms with Crippen molar-refractivity contribution in [2.75, 3.05) is 11.1 Å². The maximum Gasteiger partial charge on any atom is 0.255 e. The third kappa shape index (κ3) is 4.62. The SMILES string of the molecule is Cc1ccc(C(=O)Nc2cnc(-c3cc(-c4ccon4)n(Cc4ccccc4F)n3)nc2N)cc1. The minimum atomic E-state index is -0.343. The van der Waals surface area contributed by atoms with Crippen LogP contribution >= 0.6 is 0 Å². The molecular formula is C25H20FN7O2. The first kappa shape index (κ1) is 22.0. The number of amides is 1. The Morgan fingerprint density at radius 2 is 1.91 bits per heavy atom. The number of rotatable bonds is 6. The van der Waals surface area contributed by atoms with E-state index in [1.54, 1.807) is 47.1 Å². The molecule has 3 N–H and O–H groups in total. The molecule has 0 radical (unpaired) electrons. The molecule has 0 fully saturated rings. The lowest BCUT2D eigenvalue weighted by atomic mass is 10.1. The molecule has 0 saturated carbocycles. The number of nitrogens with one attached hydrogen (secondary N) is 1. The summed E-state index contributed by atoms with van der Waals surface area (Å²) < 4.78 is 20.8. The van der Waals surface area contributed by atoms with Crippen LogP contribution in [0.2, 0.25) is 0 Å². The summed E-state index contributed by atoms with van der Waals surface area (Å²) in [6.07, 6.45) is 2.87. The molecule has 2 aromatic carbocycles. The summed E-state index contributed by atoms with van der Waals surface area (Å²) in [5, 5.41) is 11.3. The number of aryl methyl sites for hydroxylation is 1. The van der Waals surface area contributed by atoms with Gasteiger partial charge in [0.1, 0.15) is 29.2 Å². The Morgan fingerprint density at radius 3 is 2.63 bits per heavy atom. The minimum Gasteiger partial charge on any atom is -0.382 e. The van der Waals surface area contributed by atoms with Crippen molar-refractivity contribution < 1.29 is 13.7 Å². The Labute approximate surface area is 199 Å². The third-order valence-corrected chi connectivity index (χ3v) is 5.37. The van der Waals surface area contributed by atoms with Gasteiger partial charge in [0.15, 0.2) is 11.6 Å². The van der Waals surface area contributed by atoms with Crippen molar-refractivity contribution >= 4 is 17.4 Å². The van der Waals surface area contributed by atoms with Crippen molar-refractivity contribution in [3.63, 3.8) is 0 Å². The number of nitrogen functional groups attached to an aromatic ring is 1. The summed E-state index contributed by atoms with van der Waals surface area (Å²) in [5.74, 6) is -0.338. The Hall–Kier alpha value is -4.86. The highest BCUT2D eigenvalue weighted by molar-refractivity contribution is 6.05. The van der Waals surface area contributed by atoms with Crippen molar-refractivity contribution in [2.45, 2.75) is 13.5 Å². The fraction of sp³-hybridized carbons (Fsp3) is 0.0800. The second-order valence-corrected chi connectivity index (χ2v) is 7.86. The smallest absolute Gasteiger partial charge is 0.255 e. The average molecular weight is 469 g/mol. The van der Waals surface area contributed by atoms with Gasteiger partial charge in [-0.2, -0.15) is 5.10 Å². The van der Waals surface area contributed by atoms with E-state index in [1.165, 1.54) is 18.5 Å². The lowest BCUT2D eigenvalue weighted by molar-refractivity contribution is 0.102. The summed E-state index contributed by atoms with van der Waals surface area (Å²) in [6, 6.07) is 17.0. The number of carbonyl (C=O) groups is 1. The van der Waals surface area contributed by atoms with E-state index in [9.17, 15) is 9.18 Å². The Balaban J connectivity index is 1.44. The van der Waals surface area contributed by atoms with E-state index in [4.69, 9.17) is 10.3 Å². The number of hydrogen-bond donors (Lipinski definition) is 2. The van der Waals surface area contributed by atoms with Crippen molar-refractivity contribution in [3.8, 4) is 22.9 Å². The van der Waals surface area contributed by atoms with E-state index >= 15 is 0 Å². The third-order valence-electron chi connectivity index (χ3n) is 5.37. The Morgan fingerprint density at radius 1 is 1.11 bits per heavy atom. The summed E-state index contributed by atoms with van der Waals surface area (Å²) in [7, 11) is 0. The lowest BCUT2D eigenvalue weighted by Crippen LogP contribution is -2.14. The first-order valence-corrected chi connectivity index (χ1v) is 10.7. The topological polar surface area (TPSA) is 125 Å². The molecule has 10 heteroatoms. The monoisotopic (exact) mass is 469 g/mol. The molecule has 0 bridgehead atoms. The molecule has 1 amide bonds. The van der Waals surface area contributed by atoms with Crippen LogP contribution in [0.3, 0.4) is 0 Å². The predicted molar refractivity (Wildman–Crippen MR) is 128 cm³/mol. The highest BCUT2D eigenvalue weighted by Crippen LogP contribution is 2.26. The van der Waals surface area contributed by atoms with E-state index in [1.807, 2.05) is 19.1 Å². The Bertz CT molecular complexity index is 1500. The van der Waals surface area contributed by atoms with Gasteiger partial charge in [0, 0.05) is 17.2 Å². The molecule has 0 aliphatic carbocycles. The van der Waals surface area contributed by atoms with Crippen LogP contribution in [0.15, 0.2) is 77.6 Å². The molecule has 174 valence electrons. The van der Waals surface area contributed by atoms with Crippen LogP contribution in [0, 0.1) is 12.7 Å². The van der Waals surface area contributed by atoms with Gasteiger partial charge in [-0.05, 0) is 31.2 Å². The number of halogens is 1. The molecule has 3 heterocycles. The van der Waals surface area contributed by atoms with Crippen LogP contribution < -0.4 is 11.1 Å². The van der Waals surface area contributed by atoms with Crippen molar-refractivity contribution in [1.29, 1.82) is 0 Å². The molecule has 0 spiro atoms. The standard InChI is InChI=1S/C25H20FN7O2/c1-15-6-8-16(9-7-15)25(34)29-21-13-28-24(30-23(21)27)20-12-22(19-10-11-35-32-19)33(31-20)14-17-4-2-3-5-18(17)26/h2-13H,14H2,1H3,(H,29,34)(H2,27,28,30). The molecule has 9 nitrogen and oxygen atoms in total. The molecule has 3 aromatic heterocycles. The van der Waals surface area contributed by atoms with Gasteiger partial charge in [0.05, 0.1) is 18.4 Å². The maximum atomic E-state index is 14.3. The van der Waals surface area contributed by atoms with Gasteiger partial charge in [0.25, 0.3) is 5.91 Å². The zero-order valence-electron chi connectivity index (χ0n) is 18.6. The molecule has 0 saturated heterocycles. The van der Waals surface area contributed by atoms with Gasteiger partial charge in [-0.25, -0.2) is 14.4 Å². The summed E-state index contributed by atoms with van der Waals surface area (Å²) in [6.45, 7) is 2.10. The molecule has 0 atom stereocenters. The lowest BCUT2D eigenvalue weighted by Gasteiger charge is -2.08. The van der Waals surface area contributed by atoms with Crippen molar-refractivity contribution in [3.05, 3.63) is 95.6 Å². The first-order valence-electron chi connectivity index (χ1n) is 10.7. The van der Waals surface area contributed by atoms with Gasteiger partial charge in [0.2, 0.25) is 0 Å². The maximum absolute atomic E-state index is 14.3. The normalized spacial score (nSPS) is 10.9. The number of anilines is 2. The highest BCUT2D eigenvalue weighted by atomic mass is 19.1. The number of nitrogens with zero attached hydrogens (tertiary/aromatic N) is 5. The van der Waals surface area contributed by atoms with Gasteiger partial charge < -0.3 is 15.6 Å². The van der Waals surface area contributed by atoms with Crippen molar-refractivity contribution in [1.82, 2.24) is 24.9 Å². The summed E-state index contributed by atoms with van der Waals surface area (Å²) >= 11 is 0. The van der Waals surface area contributed by atoms with Gasteiger partial charge in [-0.15, -0.1) is 0 Å². The molecular weight excluding hydrogens is 449 g/mol. The number of nitrogens with two attached hydrogens (primary N) is 1. The molecule has 0 unspecified atom stereocenters. The van der Waals surface area contributed by atoms with Gasteiger partial charge in [-0.1, -0.05) is 41.1 Å². The van der Waals surface area contributed by atoms with E-state index < -0.39 is 0 Å². The number of hydrogen-bond acceptors (Lipinski definition) is 7. The molecule has 5 rings (SSSR count). The molecule has 0 aliphatic heterocycles. The van der Waals surface area contributed by atoms with Gasteiger partial charge in [-0.3, -0.25) is 9.48 Å². The van der Waals surface area contributed by atoms with E-state index in [0.29, 0.717) is 28.2 Å². The van der Waals surface area contributed by atoms with E-state index in [-0.39, 0.29) is 35.6 Å². The Kier molecular flexibility index (Phi) is 5.76. The highest BCUT2D eigenvalue weighted by Gasteiger charge is 2.18.